The van der Waals surface area contributed by atoms with Gasteiger partial charge >= 0.3 is 12.1 Å². The second-order valence-corrected chi connectivity index (χ2v) is 9.75. The van der Waals surface area contributed by atoms with E-state index in [4.69, 9.17) is 4.74 Å². The van der Waals surface area contributed by atoms with E-state index in [9.17, 15) is 19.1 Å². The number of pyridine rings is 1. The quantitative estimate of drug-likeness (QED) is 0.461. The largest absolute Gasteiger partial charge is 0.481 e. The van der Waals surface area contributed by atoms with Gasteiger partial charge in [-0.2, -0.15) is 0 Å². The number of hydrogen-bond donors (Lipinski definition) is 2. The number of anilines is 1. The van der Waals surface area contributed by atoms with Crippen LogP contribution in [0.3, 0.4) is 0 Å². The van der Waals surface area contributed by atoms with Gasteiger partial charge in [0.2, 0.25) is 0 Å². The third-order valence-corrected chi connectivity index (χ3v) is 5.68. The van der Waals surface area contributed by atoms with Crippen LogP contribution in [-0.4, -0.2) is 60.7 Å². The van der Waals surface area contributed by atoms with Gasteiger partial charge in [-0.25, -0.2) is 24.1 Å². The number of amides is 1. The summed E-state index contributed by atoms with van der Waals surface area (Å²) >= 11 is 1.34. The summed E-state index contributed by atoms with van der Waals surface area (Å²) < 4.78 is 19.3. The number of carbonyl (C=O) groups excluding carboxylic acids is 1. The lowest BCUT2D eigenvalue weighted by Crippen LogP contribution is -2.41. The number of carbonyl (C=O) groups is 2. The topological polar surface area (TPSA) is 130 Å². The Bertz CT molecular complexity index is 1170. The minimum absolute atomic E-state index is 0.0113. The summed E-state index contributed by atoms with van der Waals surface area (Å²) in [7, 11) is 0. The number of nitrogens with zero attached hydrogens (tertiary/aromatic N) is 5. The van der Waals surface area contributed by atoms with Gasteiger partial charge in [0.05, 0.1) is 23.2 Å². The SMILES string of the molecule is CC(CN(CCc1nc2c(NCc3ncccc3F)ncnc2s1)C(=O)OC(C)(C)C)C(=O)O. The summed E-state index contributed by atoms with van der Waals surface area (Å²) in [6.07, 6.45) is 2.70. The van der Waals surface area contributed by atoms with Gasteiger partial charge in [-0.05, 0) is 32.9 Å². The van der Waals surface area contributed by atoms with Crippen molar-refractivity contribution in [1.82, 2.24) is 24.8 Å². The summed E-state index contributed by atoms with van der Waals surface area (Å²) in [5.74, 6) is -1.72. The van der Waals surface area contributed by atoms with Crippen molar-refractivity contribution in [2.45, 2.75) is 46.3 Å². The molecule has 2 N–H and O–H groups in total. The predicted molar refractivity (Wildman–Crippen MR) is 125 cm³/mol. The number of carboxylic acids is 1. The third-order valence-electron chi connectivity index (χ3n) is 4.66. The van der Waals surface area contributed by atoms with Crippen LogP contribution in [0.25, 0.3) is 10.3 Å². The summed E-state index contributed by atoms with van der Waals surface area (Å²) in [5.41, 5.74) is 0.0767. The van der Waals surface area contributed by atoms with Gasteiger partial charge in [-0.15, -0.1) is 0 Å². The molecule has 1 atom stereocenters. The maximum absolute atomic E-state index is 13.9. The molecule has 1 amide bonds. The van der Waals surface area contributed by atoms with Crippen molar-refractivity contribution in [3.05, 3.63) is 41.2 Å². The standard InChI is InChI=1S/C22H27FN6O4S/c1-13(20(30)31)11-29(21(32)33-22(2,3)4)9-7-16-28-17-18(26-12-27-19(17)34-16)25-10-15-14(23)6-5-8-24-15/h5-6,8,12-13H,7,9-11H2,1-4H3,(H,30,31)(H,25,26,27). The maximum atomic E-state index is 13.9. The van der Waals surface area contributed by atoms with Crippen molar-refractivity contribution in [3.63, 3.8) is 0 Å². The highest BCUT2D eigenvalue weighted by Crippen LogP contribution is 2.25. The Morgan fingerprint density at radius 1 is 1.29 bits per heavy atom. The van der Waals surface area contributed by atoms with Gasteiger partial charge in [-0.1, -0.05) is 18.3 Å². The van der Waals surface area contributed by atoms with Crippen LogP contribution in [0.1, 0.15) is 38.4 Å². The number of carboxylic acid groups (broad SMARTS) is 1. The molecule has 10 nitrogen and oxygen atoms in total. The van der Waals surface area contributed by atoms with Crippen LogP contribution >= 0.6 is 11.3 Å². The zero-order valence-corrected chi connectivity index (χ0v) is 20.2. The number of ether oxygens (including phenoxy) is 1. The second kappa shape index (κ2) is 10.7. The number of fused-ring (bicyclic) bond motifs is 1. The number of rotatable bonds is 9. The summed E-state index contributed by atoms with van der Waals surface area (Å²) in [6.45, 7) is 7.16. The fourth-order valence-electron chi connectivity index (χ4n) is 2.97. The summed E-state index contributed by atoms with van der Waals surface area (Å²) in [4.78, 5) is 43.0. The highest BCUT2D eigenvalue weighted by Gasteiger charge is 2.26. The first-order valence-electron chi connectivity index (χ1n) is 10.7. The Morgan fingerprint density at radius 3 is 2.74 bits per heavy atom. The molecule has 182 valence electrons. The normalized spacial score (nSPS) is 12.4. The predicted octanol–water partition coefficient (Wildman–Crippen LogP) is 3.73. The first-order valence-corrected chi connectivity index (χ1v) is 11.5. The number of thiazole rings is 1. The zero-order chi connectivity index (χ0) is 24.9. The van der Waals surface area contributed by atoms with E-state index >= 15 is 0 Å². The molecular weight excluding hydrogens is 463 g/mol. The van der Waals surface area contributed by atoms with Gasteiger partial charge in [0.15, 0.2) is 5.82 Å². The van der Waals surface area contributed by atoms with E-state index < -0.39 is 29.4 Å². The van der Waals surface area contributed by atoms with E-state index in [2.05, 4.69) is 25.3 Å². The van der Waals surface area contributed by atoms with Crippen LogP contribution in [0.4, 0.5) is 15.0 Å². The first-order chi connectivity index (χ1) is 16.0. The Balaban J connectivity index is 1.73. The average Bonchev–Trinajstić information content (AvgIpc) is 3.18. The van der Waals surface area contributed by atoms with Crippen LogP contribution in [0.5, 0.6) is 0 Å². The van der Waals surface area contributed by atoms with Crippen molar-refractivity contribution in [2.75, 3.05) is 18.4 Å². The average molecular weight is 491 g/mol. The first kappa shape index (κ1) is 25.2. The number of hydrogen-bond acceptors (Lipinski definition) is 9. The van der Waals surface area contributed by atoms with Gasteiger partial charge in [0.25, 0.3) is 0 Å². The molecule has 34 heavy (non-hydrogen) atoms. The van der Waals surface area contributed by atoms with Gasteiger partial charge < -0.3 is 20.1 Å². The molecule has 0 aromatic carbocycles. The van der Waals surface area contributed by atoms with Crippen molar-refractivity contribution >= 4 is 39.6 Å². The highest BCUT2D eigenvalue weighted by atomic mass is 32.1. The highest BCUT2D eigenvalue weighted by molar-refractivity contribution is 7.18. The van der Waals surface area contributed by atoms with Crippen molar-refractivity contribution in [3.8, 4) is 0 Å². The number of nitrogens with one attached hydrogen (secondary N) is 1. The number of halogens is 1. The van der Waals surface area contributed by atoms with E-state index in [1.165, 1.54) is 47.8 Å². The fourth-order valence-corrected chi connectivity index (χ4v) is 3.86. The van der Waals surface area contributed by atoms with Crippen molar-refractivity contribution < 1.29 is 23.8 Å². The Kier molecular flexibility index (Phi) is 7.92. The number of aliphatic carboxylic acids is 1. The molecular formula is C22H27FN6O4S. The van der Waals surface area contributed by atoms with E-state index in [1.54, 1.807) is 20.8 Å². The summed E-state index contributed by atoms with van der Waals surface area (Å²) in [5, 5.41) is 13.0. The molecule has 0 saturated carbocycles. The minimum atomic E-state index is -0.996. The van der Waals surface area contributed by atoms with Crippen LogP contribution in [0.2, 0.25) is 0 Å². The van der Waals surface area contributed by atoms with Gasteiger partial charge in [-0.3, -0.25) is 9.78 Å². The lowest BCUT2D eigenvalue weighted by atomic mass is 10.1. The molecule has 0 saturated heterocycles. The molecule has 0 radical (unpaired) electrons. The molecule has 3 heterocycles. The van der Waals surface area contributed by atoms with Crippen LogP contribution in [0, 0.1) is 11.7 Å². The van der Waals surface area contributed by atoms with Crippen LogP contribution in [-0.2, 0) is 22.5 Å². The number of aromatic nitrogens is 4. The molecule has 0 spiro atoms. The molecule has 0 fully saturated rings. The lowest BCUT2D eigenvalue weighted by molar-refractivity contribution is -0.141. The van der Waals surface area contributed by atoms with Gasteiger partial charge in [0, 0.05) is 25.7 Å². The second-order valence-electron chi connectivity index (χ2n) is 8.68. The molecule has 0 aliphatic rings. The van der Waals surface area contributed by atoms with E-state index in [0.717, 1.165) is 0 Å². The smallest absolute Gasteiger partial charge is 0.410 e. The van der Waals surface area contributed by atoms with Crippen LogP contribution < -0.4 is 5.32 Å². The lowest BCUT2D eigenvalue weighted by Gasteiger charge is -2.28. The molecule has 0 bridgehead atoms. The zero-order valence-electron chi connectivity index (χ0n) is 19.4. The van der Waals surface area contributed by atoms with Gasteiger partial charge in [0.1, 0.15) is 28.1 Å². The fraction of sp³-hybridized carbons (Fsp3) is 0.455. The molecule has 3 aromatic heterocycles. The molecule has 12 heteroatoms. The Morgan fingerprint density at radius 2 is 2.06 bits per heavy atom. The molecule has 0 aliphatic carbocycles. The van der Waals surface area contributed by atoms with Crippen molar-refractivity contribution in [2.24, 2.45) is 5.92 Å². The third kappa shape index (κ3) is 6.80. The van der Waals surface area contributed by atoms with E-state index in [1.807, 2.05) is 0 Å². The molecule has 3 aromatic rings. The molecule has 0 aliphatic heterocycles. The van der Waals surface area contributed by atoms with E-state index in [0.29, 0.717) is 27.6 Å². The molecule has 1 unspecified atom stereocenters. The Hall–Kier alpha value is -3.41. The molecule has 3 rings (SSSR count). The van der Waals surface area contributed by atoms with Crippen LogP contribution in [0.15, 0.2) is 24.7 Å². The summed E-state index contributed by atoms with van der Waals surface area (Å²) in [6, 6.07) is 2.86. The Labute approximate surface area is 200 Å². The van der Waals surface area contributed by atoms with Crippen molar-refractivity contribution in [1.29, 1.82) is 0 Å². The van der Waals surface area contributed by atoms with E-state index in [-0.39, 0.29) is 25.3 Å². The monoisotopic (exact) mass is 490 g/mol. The minimum Gasteiger partial charge on any atom is -0.481 e. The maximum Gasteiger partial charge on any atom is 0.410 e.